The summed E-state index contributed by atoms with van der Waals surface area (Å²) in [6.07, 6.45) is 2.04. The molecule has 1 aromatic carbocycles. The highest BCUT2D eigenvalue weighted by molar-refractivity contribution is 8.13. The van der Waals surface area contributed by atoms with Crippen molar-refractivity contribution in [3.8, 4) is 5.75 Å². The molecule has 1 saturated heterocycles. The molecule has 0 amide bonds. The van der Waals surface area contributed by atoms with Gasteiger partial charge in [0.2, 0.25) is 0 Å². The SMILES string of the molecule is CCOc1ccc(C=C(CSC(C)=O)B2OC(C)(C)C(C)(C)O2)cc1. The lowest BCUT2D eigenvalue weighted by Crippen LogP contribution is -2.41. The van der Waals surface area contributed by atoms with E-state index in [0.717, 1.165) is 16.8 Å². The second-order valence-corrected chi connectivity index (χ2v) is 8.24. The Morgan fingerprint density at radius 3 is 2.20 bits per heavy atom. The van der Waals surface area contributed by atoms with Crippen LogP contribution >= 0.6 is 11.8 Å². The molecule has 1 aromatic rings. The zero-order valence-corrected chi connectivity index (χ0v) is 16.7. The van der Waals surface area contributed by atoms with Crippen molar-refractivity contribution in [3.63, 3.8) is 0 Å². The van der Waals surface area contributed by atoms with E-state index in [1.54, 1.807) is 6.92 Å². The third-order valence-corrected chi connectivity index (χ3v) is 5.43. The molecular weight excluding hydrogens is 335 g/mol. The predicted molar refractivity (Wildman–Crippen MR) is 105 cm³/mol. The van der Waals surface area contributed by atoms with Gasteiger partial charge in [-0.05, 0) is 57.8 Å². The van der Waals surface area contributed by atoms with Crippen molar-refractivity contribution in [2.24, 2.45) is 0 Å². The first-order valence-electron chi connectivity index (χ1n) is 8.57. The maximum absolute atomic E-state index is 11.4. The van der Waals surface area contributed by atoms with E-state index in [-0.39, 0.29) is 5.12 Å². The monoisotopic (exact) mass is 362 g/mol. The molecule has 4 nitrogen and oxygen atoms in total. The van der Waals surface area contributed by atoms with Crippen LogP contribution in [-0.4, -0.2) is 35.8 Å². The number of thioether (sulfide) groups is 1. The Balaban J connectivity index is 2.25. The van der Waals surface area contributed by atoms with Crippen molar-refractivity contribution in [2.45, 2.75) is 52.7 Å². The van der Waals surface area contributed by atoms with Crippen LogP contribution in [0.15, 0.2) is 29.7 Å². The molecular formula is C19H27BO4S. The van der Waals surface area contributed by atoms with Crippen molar-refractivity contribution in [3.05, 3.63) is 35.3 Å². The molecule has 0 atom stereocenters. The molecule has 0 spiro atoms. The van der Waals surface area contributed by atoms with Crippen molar-refractivity contribution >= 4 is 30.1 Å². The quantitative estimate of drug-likeness (QED) is 0.703. The maximum Gasteiger partial charge on any atom is 0.491 e. The van der Waals surface area contributed by atoms with E-state index in [0.29, 0.717) is 12.4 Å². The highest BCUT2D eigenvalue weighted by atomic mass is 32.2. The van der Waals surface area contributed by atoms with E-state index in [4.69, 9.17) is 14.0 Å². The Kier molecular flexibility index (Phi) is 6.41. The van der Waals surface area contributed by atoms with Gasteiger partial charge in [-0.1, -0.05) is 30.0 Å². The Hall–Kier alpha value is -1.24. The van der Waals surface area contributed by atoms with Crippen LogP contribution in [0.5, 0.6) is 5.75 Å². The standard InChI is InChI=1S/C19H27BO4S/c1-7-22-17-10-8-15(9-11-17)12-16(13-25-14(2)21)20-23-18(3,4)19(5,6)24-20/h8-12H,7,13H2,1-6H3. The largest absolute Gasteiger partial charge is 0.494 e. The minimum absolute atomic E-state index is 0.0779. The highest BCUT2D eigenvalue weighted by Crippen LogP contribution is 2.39. The average Bonchev–Trinajstić information content (AvgIpc) is 2.73. The first-order chi connectivity index (χ1) is 11.6. The molecule has 0 saturated carbocycles. The molecule has 0 unspecified atom stereocenters. The molecule has 0 bridgehead atoms. The van der Waals surface area contributed by atoms with Gasteiger partial charge in [0.05, 0.1) is 17.8 Å². The summed E-state index contributed by atoms with van der Waals surface area (Å²) >= 11 is 1.27. The molecule has 1 aliphatic rings. The minimum Gasteiger partial charge on any atom is -0.494 e. The van der Waals surface area contributed by atoms with Crippen LogP contribution in [0.2, 0.25) is 0 Å². The van der Waals surface area contributed by atoms with Crippen LogP contribution < -0.4 is 4.74 Å². The molecule has 0 radical (unpaired) electrons. The van der Waals surface area contributed by atoms with Gasteiger partial charge in [-0.2, -0.15) is 0 Å². The average molecular weight is 362 g/mol. The topological polar surface area (TPSA) is 44.8 Å². The number of carbonyl (C=O) groups is 1. The van der Waals surface area contributed by atoms with E-state index < -0.39 is 18.3 Å². The lowest BCUT2D eigenvalue weighted by Gasteiger charge is -2.32. The Bertz CT molecular complexity index is 621. The molecule has 0 aliphatic carbocycles. The van der Waals surface area contributed by atoms with Gasteiger partial charge in [-0.25, -0.2) is 0 Å². The van der Waals surface area contributed by atoms with Crippen LogP contribution in [0, 0.1) is 0 Å². The van der Waals surface area contributed by atoms with E-state index in [1.165, 1.54) is 11.8 Å². The summed E-state index contributed by atoms with van der Waals surface area (Å²) in [5.41, 5.74) is 1.16. The number of benzene rings is 1. The fourth-order valence-corrected chi connectivity index (χ4v) is 2.99. The molecule has 1 aliphatic heterocycles. The molecule has 2 rings (SSSR count). The van der Waals surface area contributed by atoms with E-state index in [1.807, 2.05) is 65.0 Å². The van der Waals surface area contributed by atoms with Crippen LogP contribution in [0.3, 0.4) is 0 Å². The lowest BCUT2D eigenvalue weighted by molar-refractivity contribution is -0.109. The highest BCUT2D eigenvalue weighted by Gasteiger charge is 2.52. The number of carbonyl (C=O) groups excluding carboxylic acids is 1. The van der Waals surface area contributed by atoms with Gasteiger partial charge in [0.15, 0.2) is 5.12 Å². The fourth-order valence-electron chi connectivity index (χ4n) is 2.40. The Labute approximate surface area is 155 Å². The van der Waals surface area contributed by atoms with Gasteiger partial charge in [-0.15, -0.1) is 0 Å². The summed E-state index contributed by atoms with van der Waals surface area (Å²) in [6, 6.07) is 7.87. The second kappa shape index (κ2) is 7.98. The molecule has 25 heavy (non-hydrogen) atoms. The molecule has 1 heterocycles. The summed E-state index contributed by atoms with van der Waals surface area (Å²) in [5, 5.41) is 0.0779. The van der Waals surface area contributed by atoms with Crippen molar-refractivity contribution < 1.29 is 18.8 Å². The van der Waals surface area contributed by atoms with Gasteiger partial charge in [0, 0.05) is 12.7 Å². The molecule has 1 fully saturated rings. The summed E-state index contributed by atoms with van der Waals surface area (Å²) in [7, 11) is -0.455. The number of ether oxygens (including phenoxy) is 1. The smallest absolute Gasteiger partial charge is 0.491 e. The van der Waals surface area contributed by atoms with Crippen LogP contribution in [0.25, 0.3) is 6.08 Å². The second-order valence-electron chi connectivity index (χ2n) is 7.09. The zero-order chi connectivity index (χ0) is 18.7. The molecule has 6 heteroatoms. The third-order valence-electron chi connectivity index (χ3n) is 4.54. The summed E-state index contributed by atoms with van der Waals surface area (Å²) in [6.45, 7) is 12.3. The zero-order valence-electron chi connectivity index (χ0n) is 15.9. The molecule has 0 aromatic heterocycles. The third kappa shape index (κ3) is 5.12. The number of hydrogen-bond donors (Lipinski definition) is 0. The molecule has 136 valence electrons. The van der Waals surface area contributed by atoms with Gasteiger partial charge in [0.25, 0.3) is 0 Å². The van der Waals surface area contributed by atoms with E-state index >= 15 is 0 Å². The summed E-state index contributed by atoms with van der Waals surface area (Å²) in [4.78, 5) is 11.4. The first-order valence-corrected chi connectivity index (χ1v) is 9.55. The first kappa shape index (κ1) is 20.1. The Morgan fingerprint density at radius 2 is 1.72 bits per heavy atom. The summed E-state index contributed by atoms with van der Waals surface area (Å²) < 4.78 is 17.8. The van der Waals surface area contributed by atoms with Crippen LogP contribution in [0.4, 0.5) is 0 Å². The number of hydrogen-bond acceptors (Lipinski definition) is 5. The van der Waals surface area contributed by atoms with Crippen molar-refractivity contribution in [1.29, 1.82) is 0 Å². The van der Waals surface area contributed by atoms with Crippen molar-refractivity contribution in [2.75, 3.05) is 12.4 Å². The van der Waals surface area contributed by atoms with Gasteiger partial charge >= 0.3 is 7.12 Å². The van der Waals surface area contributed by atoms with Crippen LogP contribution in [-0.2, 0) is 14.1 Å². The number of rotatable bonds is 6. The predicted octanol–water partition coefficient (Wildman–Crippen LogP) is 4.38. The summed E-state index contributed by atoms with van der Waals surface area (Å²) in [5.74, 6) is 1.38. The normalized spacial score (nSPS) is 19.1. The van der Waals surface area contributed by atoms with Gasteiger partial charge in [0.1, 0.15) is 5.75 Å². The van der Waals surface area contributed by atoms with E-state index in [9.17, 15) is 4.79 Å². The minimum atomic E-state index is -0.455. The van der Waals surface area contributed by atoms with Gasteiger partial charge in [-0.3, -0.25) is 4.79 Å². The fraction of sp³-hybridized carbons (Fsp3) is 0.526. The molecule has 0 N–H and O–H groups in total. The van der Waals surface area contributed by atoms with Gasteiger partial charge < -0.3 is 14.0 Å². The van der Waals surface area contributed by atoms with Crippen LogP contribution in [0.1, 0.15) is 47.1 Å². The van der Waals surface area contributed by atoms with E-state index in [2.05, 4.69) is 0 Å². The Morgan fingerprint density at radius 1 is 1.16 bits per heavy atom. The lowest BCUT2D eigenvalue weighted by atomic mass is 9.78. The maximum atomic E-state index is 11.4. The van der Waals surface area contributed by atoms with Crippen molar-refractivity contribution in [1.82, 2.24) is 0 Å².